The zero-order valence-electron chi connectivity index (χ0n) is 10.9. The van der Waals surface area contributed by atoms with Gasteiger partial charge in [0, 0.05) is 0 Å². The molecule has 1 aromatic rings. The van der Waals surface area contributed by atoms with E-state index in [4.69, 9.17) is 4.42 Å². The quantitative estimate of drug-likeness (QED) is 0.695. The molecular formula is C14H23BO. The van der Waals surface area contributed by atoms with E-state index in [-0.39, 0.29) is 0 Å². The number of fused-ring (bicyclic) bond motifs is 1. The van der Waals surface area contributed by atoms with Crippen LogP contribution < -0.4 is 0 Å². The van der Waals surface area contributed by atoms with Gasteiger partial charge < -0.3 is 0 Å². The van der Waals surface area contributed by atoms with Crippen LogP contribution in [0.2, 0.25) is 0 Å². The second kappa shape index (κ2) is 4.77. The van der Waals surface area contributed by atoms with Crippen molar-refractivity contribution >= 4 is 6.91 Å². The Hall–Kier alpha value is -0.525. The Balaban J connectivity index is 2.09. The molecule has 1 aliphatic rings. The van der Waals surface area contributed by atoms with Gasteiger partial charge in [0.1, 0.15) is 0 Å². The van der Waals surface area contributed by atoms with E-state index in [0.29, 0.717) is 5.41 Å². The molecule has 1 nitrogen and oxygen atoms in total. The van der Waals surface area contributed by atoms with Crippen molar-refractivity contribution in [2.45, 2.75) is 59.3 Å². The summed E-state index contributed by atoms with van der Waals surface area (Å²) in [6.07, 6.45) is 9.46. The molecule has 0 saturated heterocycles. The summed E-state index contributed by atoms with van der Waals surface area (Å²) in [4.78, 5) is 0. The average Bonchev–Trinajstić information content (AvgIpc) is 2.66. The Labute approximate surface area is 99.8 Å². The summed E-state index contributed by atoms with van der Waals surface area (Å²) in [5.41, 5.74) is 1.98. The Kier molecular flexibility index (Phi) is 3.56. The summed E-state index contributed by atoms with van der Waals surface area (Å²) in [5.74, 6) is 2.03. The van der Waals surface area contributed by atoms with Crippen LogP contribution in [0.15, 0.2) is 10.6 Å². The fourth-order valence-corrected chi connectivity index (χ4v) is 2.85. The molecule has 0 spiro atoms. The van der Waals surface area contributed by atoms with Crippen molar-refractivity contribution < 1.29 is 4.42 Å². The minimum atomic E-state index is 0.531. The van der Waals surface area contributed by atoms with Gasteiger partial charge in [-0.2, -0.15) is 0 Å². The molecule has 2 heteroatoms. The SMILES string of the molecule is CC(C)C1(C)CCCc2bcoc2CCC1. The van der Waals surface area contributed by atoms with Gasteiger partial charge in [-0.25, -0.2) is 0 Å². The van der Waals surface area contributed by atoms with Crippen LogP contribution in [0.4, 0.5) is 0 Å². The van der Waals surface area contributed by atoms with Crippen molar-refractivity contribution in [2.24, 2.45) is 11.3 Å². The molecule has 0 N–H and O–H groups in total. The van der Waals surface area contributed by atoms with Crippen molar-refractivity contribution in [1.82, 2.24) is 0 Å². The van der Waals surface area contributed by atoms with Crippen LogP contribution in [0.5, 0.6) is 0 Å². The van der Waals surface area contributed by atoms with Gasteiger partial charge in [0.05, 0.1) is 0 Å². The van der Waals surface area contributed by atoms with E-state index in [9.17, 15) is 0 Å². The van der Waals surface area contributed by atoms with Crippen LogP contribution in [0.25, 0.3) is 0 Å². The Morgan fingerprint density at radius 3 is 2.62 bits per heavy atom. The van der Waals surface area contributed by atoms with Gasteiger partial charge in [-0.05, 0) is 0 Å². The summed E-state index contributed by atoms with van der Waals surface area (Å²) < 4.78 is 5.58. The van der Waals surface area contributed by atoms with E-state index in [1.54, 1.807) is 0 Å². The Morgan fingerprint density at radius 2 is 1.94 bits per heavy atom. The molecule has 0 aliphatic heterocycles. The monoisotopic (exact) mass is 218 g/mol. The molecule has 1 unspecified atom stereocenters. The average molecular weight is 218 g/mol. The summed E-state index contributed by atoms with van der Waals surface area (Å²) >= 11 is 0. The van der Waals surface area contributed by atoms with Gasteiger partial charge >= 0.3 is 99.3 Å². The van der Waals surface area contributed by atoms with Crippen LogP contribution in [-0.4, -0.2) is 6.91 Å². The summed E-state index contributed by atoms with van der Waals surface area (Å²) in [6, 6.07) is 0. The topological polar surface area (TPSA) is 13.1 Å². The van der Waals surface area contributed by atoms with Gasteiger partial charge in [0.25, 0.3) is 0 Å². The molecule has 0 radical (unpaired) electrons. The Morgan fingerprint density at radius 1 is 1.25 bits per heavy atom. The first kappa shape index (κ1) is 11.9. The van der Waals surface area contributed by atoms with Gasteiger partial charge in [0.2, 0.25) is 0 Å². The van der Waals surface area contributed by atoms with Crippen molar-refractivity contribution in [1.29, 1.82) is 0 Å². The molecule has 16 heavy (non-hydrogen) atoms. The fraction of sp³-hybridized carbons (Fsp3) is 0.786. The van der Waals surface area contributed by atoms with E-state index < -0.39 is 0 Å². The number of aryl methyl sites for hydroxylation is 2. The first-order chi connectivity index (χ1) is 7.62. The zero-order valence-corrected chi connectivity index (χ0v) is 10.9. The molecule has 0 aromatic carbocycles. The first-order valence-electron chi connectivity index (χ1n) is 6.67. The van der Waals surface area contributed by atoms with Gasteiger partial charge in [-0.3, -0.25) is 0 Å². The number of rotatable bonds is 1. The molecule has 1 heterocycles. The normalized spacial score (nSPS) is 26.8. The van der Waals surface area contributed by atoms with Crippen LogP contribution in [0.3, 0.4) is 0 Å². The minimum absolute atomic E-state index is 0.531. The first-order valence-corrected chi connectivity index (χ1v) is 6.67. The van der Waals surface area contributed by atoms with Gasteiger partial charge in [-0.15, -0.1) is 0 Å². The number of hydrogen-bond donors (Lipinski definition) is 0. The molecule has 0 bridgehead atoms. The Bertz CT molecular complexity index is 316. The molecule has 2 rings (SSSR count). The third-order valence-electron chi connectivity index (χ3n) is 4.58. The standard InChI is InChI=1S/C14H23BO/c1-11(2)14(3)8-4-6-12-13(7-5-9-14)16-10-15-12/h10-11H,4-9H2,1-3H3. The van der Waals surface area contributed by atoms with Crippen LogP contribution in [0.1, 0.15) is 57.7 Å². The van der Waals surface area contributed by atoms with E-state index in [1.807, 2.05) is 6.16 Å². The predicted octanol–water partition coefficient (Wildman–Crippen LogP) is 3.94. The molecule has 1 aromatic heterocycles. The predicted molar refractivity (Wildman–Crippen MR) is 68.9 cm³/mol. The molecule has 88 valence electrons. The van der Waals surface area contributed by atoms with Crippen LogP contribution in [0, 0.1) is 11.3 Å². The third-order valence-corrected chi connectivity index (χ3v) is 4.58. The van der Waals surface area contributed by atoms with E-state index in [0.717, 1.165) is 12.3 Å². The number of hydrogen-bond acceptors (Lipinski definition) is 1. The van der Waals surface area contributed by atoms with E-state index in [2.05, 4.69) is 27.7 Å². The van der Waals surface area contributed by atoms with E-state index >= 15 is 0 Å². The summed E-state index contributed by atoms with van der Waals surface area (Å²) in [6.45, 7) is 9.36. The van der Waals surface area contributed by atoms with E-state index in [1.165, 1.54) is 43.3 Å². The molecule has 0 amide bonds. The maximum atomic E-state index is 5.58. The summed E-state index contributed by atoms with van der Waals surface area (Å²) in [5, 5.41) is 0. The van der Waals surface area contributed by atoms with Crippen molar-refractivity contribution in [2.75, 3.05) is 0 Å². The van der Waals surface area contributed by atoms with Gasteiger partial charge in [-0.1, -0.05) is 0 Å². The van der Waals surface area contributed by atoms with Crippen molar-refractivity contribution in [3.8, 4) is 0 Å². The second-order valence-corrected chi connectivity index (χ2v) is 5.88. The molecule has 0 saturated carbocycles. The summed E-state index contributed by atoms with van der Waals surface area (Å²) in [7, 11) is 0. The molecular weight excluding hydrogens is 195 g/mol. The third kappa shape index (κ3) is 2.41. The molecule has 1 atom stereocenters. The second-order valence-electron chi connectivity index (χ2n) is 5.88. The van der Waals surface area contributed by atoms with Crippen LogP contribution >= 0.6 is 0 Å². The molecule has 0 fully saturated rings. The van der Waals surface area contributed by atoms with Crippen LogP contribution in [-0.2, 0) is 12.8 Å². The molecule has 1 aliphatic carbocycles. The zero-order chi connectivity index (χ0) is 11.6. The van der Waals surface area contributed by atoms with Gasteiger partial charge in [0.15, 0.2) is 0 Å². The fourth-order valence-electron chi connectivity index (χ4n) is 2.85. The maximum absolute atomic E-state index is 5.58. The van der Waals surface area contributed by atoms with Crippen molar-refractivity contribution in [3.05, 3.63) is 17.4 Å². The van der Waals surface area contributed by atoms with Crippen molar-refractivity contribution in [3.63, 3.8) is 0 Å².